The van der Waals surface area contributed by atoms with Crippen LogP contribution in [0.5, 0.6) is 0 Å². The van der Waals surface area contributed by atoms with Gasteiger partial charge in [0, 0.05) is 29.3 Å². The Kier molecular flexibility index (Phi) is 5.55. The molecule has 0 saturated carbocycles. The standard InChI is InChI=1S/C16H16BrN3O2/c1-11(21)19-14-6-3-7-15(9-14)20-16(22)18-10-12-4-2-5-13(17)8-12/h2-9H,10H2,1H3,(H,19,21)(H2,18,20,22). The van der Waals surface area contributed by atoms with Crippen LogP contribution >= 0.6 is 15.9 Å². The monoisotopic (exact) mass is 361 g/mol. The predicted octanol–water partition coefficient (Wildman–Crippen LogP) is 3.73. The van der Waals surface area contributed by atoms with E-state index in [1.165, 1.54) is 6.92 Å². The van der Waals surface area contributed by atoms with Crippen molar-refractivity contribution in [3.05, 3.63) is 58.6 Å². The number of nitrogens with one attached hydrogen (secondary N) is 3. The zero-order valence-electron chi connectivity index (χ0n) is 12.0. The Bertz CT molecular complexity index is 689. The lowest BCUT2D eigenvalue weighted by atomic mass is 10.2. The minimum atomic E-state index is -0.306. The van der Waals surface area contributed by atoms with E-state index in [0.29, 0.717) is 17.9 Å². The first-order valence-corrected chi connectivity index (χ1v) is 7.49. The molecule has 0 aliphatic rings. The number of rotatable bonds is 4. The van der Waals surface area contributed by atoms with Crippen LogP contribution in [0.1, 0.15) is 12.5 Å². The molecule has 0 unspecified atom stereocenters. The predicted molar refractivity (Wildman–Crippen MR) is 90.7 cm³/mol. The molecule has 0 bridgehead atoms. The fourth-order valence-electron chi connectivity index (χ4n) is 1.88. The summed E-state index contributed by atoms with van der Waals surface area (Å²) >= 11 is 3.39. The van der Waals surface area contributed by atoms with E-state index >= 15 is 0 Å². The number of anilines is 2. The van der Waals surface area contributed by atoms with Gasteiger partial charge in [-0.1, -0.05) is 34.1 Å². The highest BCUT2D eigenvalue weighted by atomic mass is 79.9. The number of amides is 3. The van der Waals surface area contributed by atoms with Gasteiger partial charge in [0.15, 0.2) is 0 Å². The second-order valence-corrected chi connectivity index (χ2v) is 5.62. The van der Waals surface area contributed by atoms with Crippen molar-refractivity contribution in [2.24, 2.45) is 0 Å². The summed E-state index contributed by atoms with van der Waals surface area (Å²) in [6.45, 7) is 1.86. The highest BCUT2D eigenvalue weighted by Crippen LogP contribution is 2.15. The summed E-state index contributed by atoms with van der Waals surface area (Å²) in [6, 6.07) is 14.4. The molecule has 0 fully saturated rings. The third kappa shape index (κ3) is 5.21. The zero-order valence-corrected chi connectivity index (χ0v) is 13.6. The maximum atomic E-state index is 11.9. The first-order chi connectivity index (χ1) is 10.5. The van der Waals surface area contributed by atoms with E-state index in [0.717, 1.165) is 10.0 Å². The molecule has 6 heteroatoms. The molecule has 2 rings (SSSR count). The van der Waals surface area contributed by atoms with E-state index in [-0.39, 0.29) is 11.9 Å². The van der Waals surface area contributed by atoms with E-state index in [2.05, 4.69) is 31.9 Å². The van der Waals surface area contributed by atoms with Crippen molar-refractivity contribution in [3.8, 4) is 0 Å². The van der Waals surface area contributed by atoms with Crippen LogP contribution in [0.15, 0.2) is 53.0 Å². The first kappa shape index (κ1) is 16.0. The van der Waals surface area contributed by atoms with Gasteiger partial charge < -0.3 is 16.0 Å². The lowest BCUT2D eigenvalue weighted by Crippen LogP contribution is -2.28. The summed E-state index contributed by atoms with van der Waals surface area (Å²) in [4.78, 5) is 22.9. The zero-order chi connectivity index (χ0) is 15.9. The molecule has 114 valence electrons. The Balaban J connectivity index is 1.90. The van der Waals surface area contributed by atoms with Crippen LogP contribution in [0.25, 0.3) is 0 Å². The number of benzene rings is 2. The van der Waals surface area contributed by atoms with Crippen molar-refractivity contribution in [1.29, 1.82) is 0 Å². The molecule has 0 heterocycles. The van der Waals surface area contributed by atoms with Gasteiger partial charge in [-0.25, -0.2) is 4.79 Å². The number of hydrogen-bond acceptors (Lipinski definition) is 2. The quantitative estimate of drug-likeness (QED) is 0.776. The molecule has 0 saturated heterocycles. The normalized spacial score (nSPS) is 9.91. The summed E-state index contributed by atoms with van der Waals surface area (Å²) in [7, 11) is 0. The van der Waals surface area contributed by atoms with Crippen LogP contribution in [0, 0.1) is 0 Å². The van der Waals surface area contributed by atoms with Gasteiger partial charge in [-0.2, -0.15) is 0 Å². The smallest absolute Gasteiger partial charge is 0.319 e. The molecular weight excluding hydrogens is 346 g/mol. The summed E-state index contributed by atoms with van der Waals surface area (Å²) in [5.41, 5.74) is 2.24. The SMILES string of the molecule is CC(=O)Nc1cccc(NC(=O)NCc2cccc(Br)c2)c1. The van der Waals surface area contributed by atoms with Crippen molar-refractivity contribution >= 4 is 39.2 Å². The van der Waals surface area contributed by atoms with Gasteiger partial charge in [0.1, 0.15) is 0 Å². The molecule has 2 aromatic rings. The van der Waals surface area contributed by atoms with E-state index in [4.69, 9.17) is 0 Å². The average Bonchev–Trinajstić information content (AvgIpc) is 2.45. The fraction of sp³-hybridized carbons (Fsp3) is 0.125. The Labute approximate surface area is 137 Å². The van der Waals surface area contributed by atoms with Gasteiger partial charge in [-0.3, -0.25) is 4.79 Å². The lowest BCUT2D eigenvalue weighted by molar-refractivity contribution is -0.114. The molecule has 0 aliphatic heterocycles. The molecule has 0 aromatic heterocycles. The van der Waals surface area contributed by atoms with Gasteiger partial charge in [-0.05, 0) is 35.9 Å². The van der Waals surface area contributed by atoms with Crippen molar-refractivity contribution in [2.75, 3.05) is 10.6 Å². The van der Waals surface area contributed by atoms with Crippen LogP contribution in [-0.2, 0) is 11.3 Å². The van der Waals surface area contributed by atoms with Crippen LogP contribution in [-0.4, -0.2) is 11.9 Å². The van der Waals surface area contributed by atoms with Crippen LogP contribution in [0.2, 0.25) is 0 Å². The number of halogens is 1. The highest BCUT2D eigenvalue weighted by molar-refractivity contribution is 9.10. The highest BCUT2D eigenvalue weighted by Gasteiger charge is 2.03. The summed E-state index contributed by atoms with van der Waals surface area (Å²) in [5, 5.41) is 8.17. The van der Waals surface area contributed by atoms with E-state index in [9.17, 15) is 9.59 Å². The molecule has 2 aromatic carbocycles. The summed E-state index contributed by atoms with van der Waals surface area (Å²) < 4.78 is 0.968. The van der Waals surface area contributed by atoms with Gasteiger partial charge in [0.2, 0.25) is 5.91 Å². The van der Waals surface area contributed by atoms with E-state index < -0.39 is 0 Å². The second kappa shape index (κ2) is 7.61. The summed E-state index contributed by atoms with van der Waals surface area (Å²) in [5.74, 6) is -0.156. The Hall–Kier alpha value is -2.34. The van der Waals surface area contributed by atoms with E-state index in [1.54, 1.807) is 24.3 Å². The Morgan fingerprint density at radius 1 is 1.00 bits per heavy atom. The van der Waals surface area contributed by atoms with Crippen LogP contribution in [0.3, 0.4) is 0 Å². The molecule has 0 radical (unpaired) electrons. The van der Waals surface area contributed by atoms with Crippen molar-refractivity contribution in [3.63, 3.8) is 0 Å². The van der Waals surface area contributed by atoms with Gasteiger partial charge in [-0.15, -0.1) is 0 Å². The van der Waals surface area contributed by atoms with Crippen molar-refractivity contribution in [1.82, 2.24) is 5.32 Å². The lowest BCUT2D eigenvalue weighted by Gasteiger charge is -2.09. The topological polar surface area (TPSA) is 70.2 Å². The molecule has 3 amide bonds. The molecular formula is C16H16BrN3O2. The number of carbonyl (C=O) groups excluding carboxylic acids is 2. The fourth-order valence-corrected chi connectivity index (χ4v) is 2.33. The minimum absolute atomic E-state index is 0.156. The number of hydrogen-bond donors (Lipinski definition) is 3. The van der Waals surface area contributed by atoms with Gasteiger partial charge in [0.05, 0.1) is 0 Å². The molecule has 3 N–H and O–H groups in total. The second-order valence-electron chi connectivity index (χ2n) is 4.70. The molecule has 0 aliphatic carbocycles. The first-order valence-electron chi connectivity index (χ1n) is 6.70. The minimum Gasteiger partial charge on any atom is -0.334 e. The van der Waals surface area contributed by atoms with Crippen molar-refractivity contribution < 1.29 is 9.59 Å². The van der Waals surface area contributed by atoms with Crippen molar-refractivity contribution in [2.45, 2.75) is 13.5 Å². The molecule has 5 nitrogen and oxygen atoms in total. The third-order valence-electron chi connectivity index (χ3n) is 2.78. The van der Waals surface area contributed by atoms with Gasteiger partial charge in [0.25, 0.3) is 0 Å². The largest absolute Gasteiger partial charge is 0.334 e. The van der Waals surface area contributed by atoms with Crippen LogP contribution < -0.4 is 16.0 Å². The van der Waals surface area contributed by atoms with Gasteiger partial charge >= 0.3 is 6.03 Å². The Morgan fingerprint density at radius 2 is 1.68 bits per heavy atom. The Morgan fingerprint density at radius 3 is 2.36 bits per heavy atom. The molecule has 0 atom stereocenters. The van der Waals surface area contributed by atoms with Crippen LogP contribution in [0.4, 0.5) is 16.2 Å². The van der Waals surface area contributed by atoms with E-state index in [1.807, 2.05) is 24.3 Å². The maximum Gasteiger partial charge on any atom is 0.319 e. The number of urea groups is 1. The summed E-state index contributed by atoms with van der Waals surface area (Å²) in [6.07, 6.45) is 0. The third-order valence-corrected chi connectivity index (χ3v) is 3.28. The molecule has 22 heavy (non-hydrogen) atoms. The molecule has 0 spiro atoms. The maximum absolute atomic E-state index is 11.9. The average molecular weight is 362 g/mol. The number of carbonyl (C=O) groups is 2.